The molecule has 0 fully saturated rings. The van der Waals surface area contributed by atoms with Crippen LogP contribution in [0.5, 0.6) is 0 Å². The second-order valence-corrected chi connectivity index (χ2v) is 8.47. The van der Waals surface area contributed by atoms with Crippen molar-refractivity contribution in [1.29, 1.82) is 0 Å². The lowest BCUT2D eigenvalue weighted by molar-refractivity contribution is -0.117. The van der Waals surface area contributed by atoms with Crippen molar-refractivity contribution in [3.63, 3.8) is 0 Å². The molecule has 2 aromatic carbocycles. The van der Waals surface area contributed by atoms with Crippen molar-refractivity contribution in [3.8, 4) is 0 Å². The number of alkyl carbamates (subject to hydrolysis) is 1. The van der Waals surface area contributed by atoms with E-state index < -0.39 is 29.5 Å². The van der Waals surface area contributed by atoms with Gasteiger partial charge in [-0.3, -0.25) is 4.79 Å². The fourth-order valence-electron chi connectivity index (χ4n) is 2.74. The van der Waals surface area contributed by atoms with Gasteiger partial charge in [-0.2, -0.15) is 0 Å². The first-order chi connectivity index (χ1) is 15.0. The Kier molecular flexibility index (Phi) is 6.78. The predicted molar refractivity (Wildman–Crippen MR) is 122 cm³/mol. The van der Waals surface area contributed by atoms with Gasteiger partial charge in [-0.1, -0.05) is 11.6 Å². The summed E-state index contributed by atoms with van der Waals surface area (Å²) in [5.74, 6) is -0.496. The highest BCUT2D eigenvalue weighted by Crippen LogP contribution is 2.27. The van der Waals surface area contributed by atoms with E-state index in [1.807, 2.05) is 0 Å². The molecule has 0 saturated carbocycles. The third-order valence-corrected chi connectivity index (χ3v) is 4.50. The van der Waals surface area contributed by atoms with Crippen molar-refractivity contribution >= 4 is 51.7 Å². The highest BCUT2D eigenvalue weighted by atomic mass is 35.5. The number of rotatable bonds is 5. The van der Waals surface area contributed by atoms with Gasteiger partial charge in [0.25, 0.3) is 0 Å². The van der Waals surface area contributed by atoms with Crippen LogP contribution in [0.3, 0.4) is 0 Å². The number of nitrogens with zero attached hydrogens (tertiary/aromatic N) is 2. The van der Waals surface area contributed by atoms with Crippen LogP contribution in [0.15, 0.2) is 42.7 Å². The second kappa shape index (κ2) is 9.35. The predicted octanol–water partition coefficient (Wildman–Crippen LogP) is 5.02. The Hall–Kier alpha value is -3.46. The zero-order valence-electron chi connectivity index (χ0n) is 18.0. The normalized spacial score (nSPS) is 12.2. The van der Waals surface area contributed by atoms with Crippen LogP contribution >= 0.6 is 11.6 Å². The molecule has 0 saturated heterocycles. The Bertz CT molecular complexity index is 1170. The Morgan fingerprint density at radius 1 is 1.09 bits per heavy atom. The average Bonchev–Trinajstić information content (AvgIpc) is 2.69. The number of carbonyl (C=O) groups excluding carboxylic acids is 2. The second-order valence-electron chi connectivity index (χ2n) is 8.07. The molecule has 1 aromatic heterocycles. The van der Waals surface area contributed by atoms with Crippen molar-refractivity contribution in [2.45, 2.75) is 39.3 Å². The molecule has 0 spiro atoms. The Balaban J connectivity index is 1.77. The molecule has 3 rings (SSSR count). The molecule has 1 atom stereocenters. The summed E-state index contributed by atoms with van der Waals surface area (Å²) < 4.78 is 18.6. The summed E-state index contributed by atoms with van der Waals surface area (Å²) in [5, 5.41) is 8.92. The summed E-state index contributed by atoms with van der Waals surface area (Å²) in [4.78, 5) is 32.9. The smallest absolute Gasteiger partial charge is 0.408 e. The van der Waals surface area contributed by atoms with Crippen molar-refractivity contribution in [2.24, 2.45) is 0 Å². The van der Waals surface area contributed by atoms with E-state index >= 15 is 0 Å². The fourth-order valence-corrected chi connectivity index (χ4v) is 2.93. The van der Waals surface area contributed by atoms with Gasteiger partial charge < -0.3 is 20.7 Å². The Morgan fingerprint density at radius 2 is 1.81 bits per heavy atom. The molecule has 0 unspecified atom stereocenters. The van der Waals surface area contributed by atoms with Crippen LogP contribution in [0.4, 0.5) is 26.4 Å². The number of aromatic nitrogens is 2. The molecule has 2 amide bonds. The summed E-state index contributed by atoms with van der Waals surface area (Å²) in [5.41, 5.74) is 0.988. The molecule has 0 aliphatic carbocycles. The van der Waals surface area contributed by atoms with Gasteiger partial charge >= 0.3 is 6.09 Å². The first kappa shape index (κ1) is 23.2. The molecule has 3 N–H and O–H groups in total. The Labute approximate surface area is 189 Å². The minimum absolute atomic E-state index is 0.0206. The summed E-state index contributed by atoms with van der Waals surface area (Å²) in [6.07, 6.45) is 0.706. The van der Waals surface area contributed by atoms with Crippen molar-refractivity contribution in [3.05, 3.63) is 53.6 Å². The van der Waals surface area contributed by atoms with Crippen LogP contribution in [0.25, 0.3) is 10.9 Å². The third-order valence-electron chi connectivity index (χ3n) is 4.21. The standard InChI is InChI=1S/C22H23ClFN5O3/c1-12(27-21(31)32-22(2,3)4)20(30)29-13-6-8-18-15(9-13)19(26-11-25-18)28-14-5-7-17(24)16(23)10-14/h5-12H,1-4H3,(H,27,31)(H,29,30)(H,25,26,28)/t12-/m0/s1. The van der Waals surface area contributed by atoms with E-state index in [2.05, 4.69) is 25.9 Å². The number of carbonyl (C=O) groups is 2. The van der Waals surface area contributed by atoms with Gasteiger partial charge in [0.1, 0.15) is 29.6 Å². The van der Waals surface area contributed by atoms with Crippen molar-refractivity contribution in [1.82, 2.24) is 15.3 Å². The fraction of sp³-hybridized carbons (Fsp3) is 0.273. The number of fused-ring (bicyclic) bond motifs is 1. The van der Waals surface area contributed by atoms with E-state index in [1.165, 1.54) is 24.5 Å². The highest BCUT2D eigenvalue weighted by Gasteiger charge is 2.21. The largest absolute Gasteiger partial charge is 0.444 e. The molecule has 0 bridgehead atoms. The van der Waals surface area contributed by atoms with E-state index in [4.69, 9.17) is 16.3 Å². The van der Waals surface area contributed by atoms with Gasteiger partial charge in [0.15, 0.2) is 0 Å². The zero-order chi connectivity index (χ0) is 23.5. The van der Waals surface area contributed by atoms with Gasteiger partial charge in [-0.15, -0.1) is 0 Å². The van der Waals surface area contributed by atoms with Crippen molar-refractivity contribution in [2.75, 3.05) is 10.6 Å². The molecular weight excluding hydrogens is 437 g/mol. The number of ether oxygens (including phenoxy) is 1. The molecule has 0 radical (unpaired) electrons. The minimum atomic E-state index is -0.827. The van der Waals surface area contributed by atoms with Crippen LogP contribution in [0, 0.1) is 5.82 Å². The van der Waals surface area contributed by atoms with Crippen molar-refractivity contribution < 1.29 is 18.7 Å². The summed E-state index contributed by atoms with van der Waals surface area (Å²) in [6, 6.07) is 8.50. The summed E-state index contributed by atoms with van der Waals surface area (Å²) >= 11 is 5.85. The molecule has 32 heavy (non-hydrogen) atoms. The maximum Gasteiger partial charge on any atom is 0.408 e. The van der Waals surface area contributed by atoms with Gasteiger partial charge in [-0.05, 0) is 64.1 Å². The van der Waals surface area contributed by atoms with Crippen LogP contribution in [-0.2, 0) is 9.53 Å². The quantitative estimate of drug-likeness (QED) is 0.495. The first-order valence-corrected chi connectivity index (χ1v) is 10.2. The van der Waals surface area contributed by atoms with Gasteiger partial charge in [0, 0.05) is 16.8 Å². The van der Waals surface area contributed by atoms with Crippen LogP contribution in [0.1, 0.15) is 27.7 Å². The number of halogens is 2. The summed E-state index contributed by atoms with van der Waals surface area (Å²) in [6.45, 7) is 6.76. The van der Waals surface area contributed by atoms with E-state index in [0.717, 1.165) is 0 Å². The lowest BCUT2D eigenvalue weighted by atomic mass is 10.2. The van der Waals surface area contributed by atoms with Crippen LogP contribution in [-0.4, -0.2) is 33.6 Å². The van der Waals surface area contributed by atoms with Gasteiger partial charge in [-0.25, -0.2) is 19.2 Å². The molecule has 8 nitrogen and oxygen atoms in total. The number of nitrogens with one attached hydrogen (secondary N) is 3. The lowest BCUT2D eigenvalue weighted by Crippen LogP contribution is -2.43. The molecule has 168 valence electrons. The molecule has 10 heteroatoms. The number of hydrogen-bond donors (Lipinski definition) is 3. The average molecular weight is 460 g/mol. The number of benzene rings is 2. The zero-order valence-corrected chi connectivity index (χ0v) is 18.7. The molecule has 3 aromatic rings. The summed E-state index contributed by atoms with van der Waals surface area (Å²) in [7, 11) is 0. The lowest BCUT2D eigenvalue weighted by Gasteiger charge is -2.21. The van der Waals surface area contributed by atoms with Crippen LogP contribution in [0.2, 0.25) is 5.02 Å². The van der Waals surface area contributed by atoms with E-state index in [-0.39, 0.29) is 5.02 Å². The minimum Gasteiger partial charge on any atom is -0.444 e. The maximum absolute atomic E-state index is 13.4. The third kappa shape index (κ3) is 6.04. The monoisotopic (exact) mass is 459 g/mol. The molecular formula is C22H23ClFN5O3. The number of amides is 2. The van der Waals surface area contributed by atoms with E-state index in [9.17, 15) is 14.0 Å². The van der Waals surface area contributed by atoms with E-state index in [1.54, 1.807) is 45.9 Å². The SMILES string of the molecule is C[C@H](NC(=O)OC(C)(C)C)C(=O)Nc1ccc2ncnc(Nc3ccc(F)c(Cl)c3)c2c1. The topological polar surface area (TPSA) is 105 Å². The highest BCUT2D eigenvalue weighted by molar-refractivity contribution is 6.31. The maximum atomic E-state index is 13.4. The Morgan fingerprint density at radius 3 is 2.50 bits per heavy atom. The van der Waals surface area contributed by atoms with Crippen LogP contribution < -0.4 is 16.0 Å². The molecule has 1 heterocycles. The first-order valence-electron chi connectivity index (χ1n) is 9.79. The molecule has 0 aliphatic heterocycles. The molecule has 0 aliphatic rings. The van der Waals surface area contributed by atoms with E-state index in [0.29, 0.717) is 28.1 Å². The number of hydrogen-bond acceptors (Lipinski definition) is 6. The van der Waals surface area contributed by atoms with Gasteiger partial charge in [0.05, 0.1) is 10.5 Å². The number of anilines is 3. The van der Waals surface area contributed by atoms with Gasteiger partial charge in [0.2, 0.25) is 5.91 Å².